The largest absolute Gasteiger partial charge is 0.212 e. The second kappa shape index (κ2) is 6.97. The van der Waals surface area contributed by atoms with Crippen LogP contribution in [0.25, 0.3) is 0 Å². The zero-order chi connectivity index (χ0) is 12.8. The summed E-state index contributed by atoms with van der Waals surface area (Å²) in [7, 11) is -3.14. The Hall–Kier alpha value is 0.390. The first-order chi connectivity index (χ1) is 7.24. The van der Waals surface area contributed by atoms with E-state index in [1.165, 1.54) is 0 Å². The zero-order valence-corrected chi connectivity index (χ0v) is 13.1. The maximum Gasteiger partial charge on any atom is 0.212 e. The van der Waals surface area contributed by atoms with Gasteiger partial charge in [-0.15, -0.1) is 0 Å². The van der Waals surface area contributed by atoms with Crippen LogP contribution in [0.5, 0.6) is 0 Å². The minimum atomic E-state index is -3.14. The molecule has 98 valence electrons. The molecule has 5 heteroatoms. The average Bonchev–Trinajstić information content (AvgIpc) is 2.15. The first-order valence-electron chi connectivity index (χ1n) is 5.82. The van der Waals surface area contributed by atoms with Crippen LogP contribution < -0.4 is 4.72 Å². The van der Waals surface area contributed by atoms with Crippen molar-refractivity contribution in [1.82, 2.24) is 4.72 Å². The van der Waals surface area contributed by atoms with E-state index in [2.05, 4.69) is 20.7 Å². The molecule has 0 radical (unpaired) electrons. The van der Waals surface area contributed by atoms with Crippen molar-refractivity contribution in [3.8, 4) is 0 Å². The standard InChI is InChI=1S/C11H24BrNO2S/c1-5-11(4,7-8-12)13-16(14,15)9-6-10(2)3/h10,13H,5-9H2,1-4H3. The van der Waals surface area contributed by atoms with Gasteiger partial charge < -0.3 is 0 Å². The Labute approximate surface area is 109 Å². The Kier molecular flexibility index (Phi) is 7.14. The quantitative estimate of drug-likeness (QED) is 0.700. The first kappa shape index (κ1) is 16.4. The third-order valence-corrected chi connectivity index (χ3v) is 4.77. The second-order valence-electron chi connectivity index (χ2n) is 4.96. The lowest BCUT2D eigenvalue weighted by atomic mass is 9.98. The lowest BCUT2D eigenvalue weighted by Crippen LogP contribution is -2.46. The van der Waals surface area contributed by atoms with Gasteiger partial charge in [-0.25, -0.2) is 13.1 Å². The molecule has 0 spiro atoms. The molecular weight excluding hydrogens is 290 g/mol. The van der Waals surface area contributed by atoms with Crippen LogP contribution in [0.2, 0.25) is 0 Å². The molecular formula is C11H24BrNO2S. The molecule has 3 nitrogen and oxygen atoms in total. The molecule has 0 aliphatic carbocycles. The summed E-state index contributed by atoms with van der Waals surface area (Å²) in [6.45, 7) is 8.04. The molecule has 0 aromatic rings. The number of alkyl halides is 1. The number of halogens is 1. The molecule has 0 saturated heterocycles. The SMILES string of the molecule is CCC(C)(CCBr)NS(=O)(=O)CCC(C)C. The van der Waals surface area contributed by atoms with Gasteiger partial charge in [0.25, 0.3) is 0 Å². The Morgan fingerprint density at radius 3 is 2.31 bits per heavy atom. The molecule has 1 unspecified atom stereocenters. The molecule has 0 fully saturated rings. The van der Waals surface area contributed by atoms with Crippen molar-refractivity contribution in [3.05, 3.63) is 0 Å². The van der Waals surface area contributed by atoms with Gasteiger partial charge in [0.2, 0.25) is 10.0 Å². The van der Waals surface area contributed by atoms with E-state index in [1.807, 2.05) is 27.7 Å². The van der Waals surface area contributed by atoms with Gasteiger partial charge in [0.1, 0.15) is 0 Å². The third kappa shape index (κ3) is 6.86. The summed E-state index contributed by atoms with van der Waals surface area (Å²) in [6.07, 6.45) is 2.33. The Balaban J connectivity index is 4.43. The van der Waals surface area contributed by atoms with Gasteiger partial charge in [-0.05, 0) is 32.1 Å². The van der Waals surface area contributed by atoms with Crippen molar-refractivity contribution in [2.45, 2.75) is 52.5 Å². The van der Waals surface area contributed by atoms with Crippen LogP contribution in [0.4, 0.5) is 0 Å². The highest BCUT2D eigenvalue weighted by molar-refractivity contribution is 9.09. The van der Waals surface area contributed by atoms with Crippen LogP contribution in [0.15, 0.2) is 0 Å². The second-order valence-corrected chi connectivity index (χ2v) is 7.59. The summed E-state index contributed by atoms with van der Waals surface area (Å²) >= 11 is 3.36. The van der Waals surface area contributed by atoms with Crippen molar-refractivity contribution in [2.24, 2.45) is 5.92 Å². The molecule has 16 heavy (non-hydrogen) atoms. The molecule has 0 aliphatic rings. The van der Waals surface area contributed by atoms with Gasteiger partial charge in [-0.3, -0.25) is 0 Å². The van der Waals surface area contributed by atoms with Crippen molar-refractivity contribution >= 4 is 26.0 Å². The van der Waals surface area contributed by atoms with E-state index in [4.69, 9.17) is 0 Å². The molecule has 0 aliphatic heterocycles. The number of rotatable bonds is 8. The molecule has 1 N–H and O–H groups in total. The van der Waals surface area contributed by atoms with Crippen molar-refractivity contribution in [1.29, 1.82) is 0 Å². The summed E-state index contributed by atoms with van der Waals surface area (Å²) < 4.78 is 26.5. The smallest absolute Gasteiger partial charge is 0.212 e. The first-order valence-corrected chi connectivity index (χ1v) is 8.59. The minimum absolute atomic E-state index is 0.225. The predicted octanol–water partition coefficient (Wildman–Crippen LogP) is 2.91. The van der Waals surface area contributed by atoms with Crippen LogP contribution in [-0.4, -0.2) is 25.0 Å². The molecule has 0 bridgehead atoms. The topological polar surface area (TPSA) is 46.2 Å². The summed E-state index contributed by atoms with van der Waals surface area (Å²) in [5, 5.41) is 0.810. The van der Waals surface area contributed by atoms with Gasteiger partial charge in [-0.1, -0.05) is 36.7 Å². The summed E-state index contributed by atoms with van der Waals surface area (Å²) in [4.78, 5) is 0. The highest BCUT2D eigenvalue weighted by atomic mass is 79.9. The molecule has 0 amide bonds. The van der Waals surface area contributed by atoms with E-state index in [-0.39, 0.29) is 11.3 Å². The Bertz CT molecular complexity index is 290. The lowest BCUT2D eigenvalue weighted by Gasteiger charge is -2.28. The molecule has 0 heterocycles. The van der Waals surface area contributed by atoms with E-state index in [0.29, 0.717) is 12.3 Å². The van der Waals surface area contributed by atoms with E-state index in [1.54, 1.807) is 0 Å². The van der Waals surface area contributed by atoms with Gasteiger partial charge in [0.15, 0.2) is 0 Å². The maximum absolute atomic E-state index is 11.9. The molecule has 0 rings (SSSR count). The molecule has 0 aromatic heterocycles. The van der Waals surface area contributed by atoms with E-state index < -0.39 is 10.0 Å². The predicted molar refractivity (Wildman–Crippen MR) is 73.5 cm³/mol. The van der Waals surface area contributed by atoms with Crippen LogP contribution >= 0.6 is 15.9 Å². The Morgan fingerprint density at radius 2 is 1.94 bits per heavy atom. The highest BCUT2D eigenvalue weighted by Gasteiger charge is 2.27. The highest BCUT2D eigenvalue weighted by Crippen LogP contribution is 2.17. The number of nitrogens with one attached hydrogen (secondary N) is 1. The van der Waals surface area contributed by atoms with Crippen LogP contribution in [0.3, 0.4) is 0 Å². The molecule has 1 atom stereocenters. The molecule has 0 aromatic carbocycles. The fourth-order valence-corrected chi connectivity index (χ4v) is 4.08. The Morgan fingerprint density at radius 1 is 1.38 bits per heavy atom. The van der Waals surface area contributed by atoms with Gasteiger partial charge in [0, 0.05) is 10.9 Å². The minimum Gasteiger partial charge on any atom is -0.212 e. The van der Waals surface area contributed by atoms with Gasteiger partial charge >= 0.3 is 0 Å². The lowest BCUT2D eigenvalue weighted by molar-refractivity contribution is 0.391. The van der Waals surface area contributed by atoms with Gasteiger partial charge in [-0.2, -0.15) is 0 Å². The van der Waals surface area contributed by atoms with E-state index in [9.17, 15) is 8.42 Å². The summed E-state index contributed by atoms with van der Waals surface area (Å²) in [5.74, 6) is 0.642. The summed E-state index contributed by atoms with van der Waals surface area (Å²) in [5.41, 5.74) is -0.320. The number of hydrogen-bond acceptors (Lipinski definition) is 2. The zero-order valence-electron chi connectivity index (χ0n) is 10.7. The van der Waals surface area contributed by atoms with Crippen LogP contribution in [0.1, 0.15) is 47.0 Å². The maximum atomic E-state index is 11.9. The summed E-state index contributed by atoms with van der Waals surface area (Å²) in [6, 6.07) is 0. The van der Waals surface area contributed by atoms with Crippen LogP contribution in [-0.2, 0) is 10.0 Å². The number of sulfonamides is 1. The van der Waals surface area contributed by atoms with Crippen LogP contribution in [0, 0.1) is 5.92 Å². The third-order valence-electron chi connectivity index (χ3n) is 2.79. The monoisotopic (exact) mass is 313 g/mol. The normalized spacial score (nSPS) is 16.4. The van der Waals surface area contributed by atoms with Crippen molar-refractivity contribution in [2.75, 3.05) is 11.1 Å². The number of hydrogen-bond donors (Lipinski definition) is 1. The average molecular weight is 314 g/mol. The van der Waals surface area contributed by atoms with E-state index >= 15 is 0 Å². The fraction of sp³-hybridized carbons (Fsp3) is 1.00. The van der Waals surface area contributed by atoms with Crippen molar-refractivity contribution < 1.29 is 8.42 Å². The fourth-order valence-electron chi connectivity index (χ4n) is 1.33. The van der Waals surface area contributed by atoms with Gasteiger partial charge in [0.05, 0.1) is 5.75 Å². The van der Waals surface area contributed by atoms with Crippen molar-refractivity contribution in [3.63, 3.8) is 0 Å². The molecule has 0 saturated carbocycles. The van der Waals surface area contributed by atoms with E-state index in [0.717, 1.165) is 18.2 Å².